The van der Waals surface area contributed by atoms with Crippen molar-refractivity contribution < 1.29 is 4.79 Å². The van der Waals surface area contributed by atoms with Gasteiger partial charge in [0.2, 0.25) is 5.91 Å². The van der Waals surface area contributed by atoms with Crippen LogP contribution in [0.1, 0.15) is 38.7 Å². The molecule has 128 valence electrons. The van der Waals surface area contributed by atoms with Crippen LogP contribution in [0.4, 0.5) is 5.69 Å². The highest BCUT2D eigenvalue weighted by molar-refractivity contribution is 14.0. The summed E-state index contributed by atoms with van der Waals surface area (Å²) < 4.78 is 0. The number of hydrogen-bond donors (Lipinski definition) is 3. The molecule has 2 rings (SSSR count). The quantitative estimate of drug-likeness (QED) is 0.369. The van der Waals surface area contributed by atoms with Crippen LogP contribution in [0.25, 0.3) is 0 Å². The minimum Gasteiger partial charge on any atom is -0.370 e. The molecule has 0 spiro atoms. The summed E-state index contributed by atoms with van der Waals surface area (Å²) in [5, 5.41) is 6.07. The van der Waals surface area contributed by atoms with Crippen LogP contribution in [0.15, 0.2) is 29.3 Å². The van der Waals surface area contributed by atoms with Crippen LogP contribution in [0.5, 0.6) is 0 Å². The van der Waals surface area contributed by atoms with Gasteiger partial charge in [-0.15, -0.1) is 24.0 Å². The number of carbonyl (C=O) groups excluding carboxylic acids is 1. The number of aliphatic imine (C=N–C) groups is 1. The number of benzene rings is 1. The van der Waals surface area contributed by atoms with Crippen LogP contribution in [0.3, 0.4) is 0 Å². The lowest BCUT2D eigenvalue weighted by Gasteiger charge is -2.24. The molecule has 23 heavy (non-hydrogen) atoms. The molecule has 0 aromatic heterocycles. The summed E-state index contributed by atoms with van der Waals surface area (Å²) in [5.41, 5.74) is 7.68. The van der Waals surface area contributed by atoms with Crippen LogP contribution >= 0.6 is 24.0 Å². The van der Waals surface area contributed by atoms with Gasteiger partial charge in [0, 0.05) is 18.2 Å². The molecule has 6 heteroatoms. The van der Waals surface area contributed by atoms with Gasteiger partial charge < -0.3 is 16.4 Å². The molecule has 1 amide bonds. The lowest BCUT2D eigenvalue weighted by molar-refractivity contribution is -0.122. The lowest BCUT2D eigenvalue weighted by Crippen LogP contribution is -2.34. The van der Waals surface area contributed by atoms with Crippen molar-refractivity contribution >= 4 is 41.5 Å². The van der Waals surface area contributed by atoms with Gasteiger partial charge in [-0.3, -0.25) is 4.79 Å². The van der Waals surface area contributed by atoms with Gasteiger partial charge in [0.1, 0.15) is 0 Å². The van der Waals surface area contributed by atoms with E-state index in [9.17, 15) is 4.79 Å². The van der Waals surface area contributed by atoms with E-state index in [-0.39, 0.29) is 35.8 Å². The zero-order chi connectivity index (χ0) is 15.9. The van der Waals surface area contributed by atoms with Gasteiger partial charge in [-0.25, -0.2) is 4.99 Å². The first-order valence-corrected chi connectivity index (χ1v) is 7.98. The summed E-state index contributed by atoms with van der Waals surface area (Å²) in [5.74, 6) is 1.30. The zero-order valence-corrected chi connectivity index (χ0v) is 16.2. The molecule has 1 aromatic carbocycles. The molecule has 1 aromatic rings. The molecule has 0 unspecified atom stereocenters. The van der Waals surface area contributed by atoms with Gasteiger partial charge in [0.05, 0.1) is 6.54 Å². The average molecular weight is 430 g/mol. The Morgan fingerprint density at radius 3 is 2.74 bits per heavy atom. The van der Waals surface area contributed by atoms with Gasteiger partial charge in [-0.1, -0.05) is 32.4 Å². The van der Waals surface area contributed by atoms with Gasteiger partial charge in [-0.05, 0) is 36.5 Å². The number of anilines is 1. The Morgan fingerprint density at radius 1 is 1.39 bits per heavy atom. The van der Waals surface area contributed by atoms with Crippen molar-refractivity contribution in [3.8, 4) is 0 Å². The number of halogens is 1. The van der Waals surface area contributed by atoms with Gasteiger partial charge in [-0.2, -0.15) is 0 Å². The van der Waals surface area contributed by atoms with Crippen LogP contribution in [0.2, 0.25) is 0 Å². The lowest BCUT2D eigenvalue weighted by atomic mass is 9.85. The highest BCUT2D eigenvalue weighted by Crippen LogP contribution is 2.27. The molecule has 1 aliphatic carbocycles. The monoisotopic (exact) mass is 430 g/mol. The van der Waals surface area contributed by atoms with E-state index in [4.69, 9.17) is 5.73 Å². The van der Waals surface area contributed by atoms with Crippen LogP contribution in [-0.4, -0.2) is 18.4 Å². The smallest absolute Gasteiger partial charge is 0.227 e. The molecule has 0 heterocycles. The Kier molecular flexibility index (Phi) is 8.36. The fraction of sp³-hybridized carbons (Fsp3) is 0.529. The molecular weight excluding hydrogens is 403 g/mol. The van der Waals surface area contributed by atoms with Crippen molar-refractivity contribution in [2.24, 2.45) is 22.6 Å². The molecule has 5 nitrogen and oxygen atoms in total. The van der Waals surface area contributed by atoms with Crippen molar-refractivity contribution in [3.05, 3.63) is 29.8 Å². The number of nitrogens with two attached hydrogens (primary N) is 1. The molecule has 1 fully saturated rings. The molecule has 1 aliphatic rings. The van der Waals surface area contributed by atoms with Crippen molar-refractivity contribution in [1.29, 1.82) is 0 Å². The predicted octanol–water partition coefficient (Wildman–Crippen LogP) is 3.10. The zero-order valence-electron chi connectivity index (χ0n) is 13.8. The first-order chi connectivity index (χ1) is 10.5. The Balaban J connectivity index is 0.00000264. The van der Waals surface area contributed by atoms with Crippen molar-refractivity contribution in [2.45, 2.75) is 39.7 Å². The molecule has 0 aliphatic heterocycles. The number of nitrogens with zero attached hydrogens (tertiary/aromatic N) is 1. The van der Waals surface area contributed by atoms with E-state index in [1.807, 2.05) is 24.3 Å². The standard InChI is InChI=1S/C17H26N4O.HI/c1-12(2)10-19-17(18)20-11-13-5-3-8-15(9-13)21-16(22)14-6-4-7-14;/h3,5,8-9,12,14H,4,6-7,10-11H2,1-2H3,(H,21,22)(H3,18,19,20);1H. The summed E-state index contributed by atoms with van der Waals surface area (Å²) in [7, 11) is 0. The number of hydrogen-bond acceptors (Lipinski definition) is 2. The largest absolute Gasteiger partial charge is 0.370 e. The highest BCUT2D eigenvalue weighted by Gasteiger charge is 2.25. The highest BCUT2D eigenvalue weighted by atomic mass is 127. The normalized spacial score (nSPS) is 14.8. The molecule has 0 saturated heterocycles. The maximum atomic E-state index is 12.0. The number of amides is 1. The van der Waals surface area contributed by atoms with Gasteiger partial charge in [0.15, 0.2) is 5.96 Å². The van der Waals surface area contributed by atoms with Crippen molar-refractivity contribution in [1.82, 2.24) is 5.32 Å². The summed E-state index contributed by atoms with van der Waals surface area (Å²) in [6, 6.07) is 7.77. The summed E-state index contributed by atoms with van der Waals surface area (Å²) in [4.78, 5) is 16.3. The first-order valence-electron chi connectivity index (χ1n) is 7.98. The van der Waals surface area contributed by atoms with Gasteiger partial charge in [0.25, 0.3) is 0 Å². The minimum atomic E-state index is 0. The van der Waals surface area contributed by atoms with Crippen LogP contribution in [0, 0.1) is 11.8 Å². The van der Waals surface area contributed by atoms with E-state index >= 15 is 0 Å². The van der Waals surface area contributed by atoms with Crippen LogP contribution < -0.4 is 16.4 Å². The van der Waals surface area contributed by atoms with E-state index in [1.165, 1.54) is 0 Å². The minimum absolute atomic E-state index is 0. The van der Waals surface area contributed by atoms with Crippen molar-refractivity contribution in [2.75, 3.05) is 11.9 Å². The third kappa shape index (κ3) is 6.76. The number of guanidine groups is 1. The molecular formula is C17H27IN4O. The fourth-order valence-corrected chi connectivity index (χ4v) is 2.20. The predicted molar refractivity (Wildman–Crippen MR) is 106 cm³/mol. The van der Waals surface area contributed by atoms with Crippen molar-refractivity contribution in [3.63, 3.8) is 0 Å². The summed E-state index contributed by atoms with van der Waals surface area (Å²) in [6.45, 7) is 5.56. The average Bonchev–Trinajstić information content (AvgIpc) is 2.41. The third-order valence-electron chi connectivity index (χ3n) is 3.79. The van der Waals surface area contributed by atoms with E-state index in [2.05, 4.69) is 29.5 Å². The number of rotatable bonds is 6. The molecule has 0 radical (unpaired) electrons. The number of carbonyl (C=O) groups is 1. The van der Waals surface area contributed by atoms with Gasteiger partial charge >= 0.3 is 0 Å². The topological polar surface area (TPSA) is 79.5 Å². The molecule has 0 bridgehead atoms. The molecule has 0 atom stereocenters. The van der Waals surface area contributed by atoms with E-state index < -0.39 is 0 Å². The third-order valence-corrected chi connectivity index (χ3v) is 3.79. The Morgan fingerprint density at radius 2 is 2.13 bits per heavy atom. The SMILES string of the molecule is CC(C)CNC(N)=NCc1cccc(NC(=O)C2CCC2)c1.I. The number of nitrogens with one attached hydrogen (secondary N) is 2. The van der Waals surface area contributed by atoms with E-state index in [1.54, 1.807) is 0 Å². The Hall–Kier alpha value is -1.31. The second-order valence-electron chi connectivity index (χ2n) is 6.29. The molecule has 1 saturated carbocycles. The summed E-state index contributed by atoms with van der Waals surface area (Å²) >= 11 is 0. The molecule has 4 N–H and O–H groups in total. The Bertz CT molecular complexity index is 541. The maximum Gasteiger partial charge on any atom is 0.227 e. The second-order valence-corrected chi connectivity index (χ2v) is 6.29. The maximum absolute atomic E-state index is 12.0. The van der Waals surface area contributed by atoms with E-state index in [0.29, 0.717) is 18.4 Å². The summed E-state index contributed by atoms with van der Waals surface area (Å²) in [6.07, 6.45) is 3.18. The Labute approximate surface area is 155 Å². The van der Waals surface area contributed by atoms with Crippen LogP contribution in [-0.2, 0) is 11.3 Å². The second kappa shape index (κ2) is 9.75. The first kappa shape index (κ1) is 19.7. The fourth-order valence-electron chi connectivity index (χ4n) is 2.20. The van der Waals surface area contributed by atoms with E-state index in [0.717, 1.165) is 37.1 Å².